The van der Waals surface area contributed by atoms with E-state index < -0.39 is 5.97 Å². The van der Waals surface area contributed by atoms with Crippen LogP contribution in [-0.2, 0) is 4.79 Å². The smallest absolute Gasteiger partial charge is 0.303 e. The minimum absolute atomic E-state index is 0.265. The monoisotopic (exact) mass is 276 g/mol. The fraction of sp³-hybridized carbons (Fsp3) is 0.357. The van der Waals surface area contributed by atoms with Crippen LogP contribution in [0.15, 0.2) is 35.6 Å². The van der Waals surface area contributed by atoms with E-state index in [4.69, 9.17) is 5.11 Å². The first-order valence-corrected chi connectivity index (χ1v) is 7.30. The van der Waals surface area contributed by atoms with Crippen molar-refractivity contribution in [2.24, 2.45) is 0 Å². The Balaban J connectivity index is 1.83. The second kappa shape index (κ2) is 7.09. The van der Waals surface area contributed by atoms with Crippen molar-refractivity contribution in [1.82, 2.24) is 9.97 Å². The van der Waals surface area contributed by atoms with Gasteiger partial charge in [0.2, 0.25) is 0 Å². The molecule has 1 heterocycles. The molecule has 0 radical (unpaired) electrons. The molecular formula is C14H16N2O2S. The van der Waals surface area contributed by atoms with Gasteiger partial charge in [-0.15, -0.1) is 11.8 Å². The zero-order valence-electron chi connectivity index (χ0n) is 10.6. The Morgan fingerprint density at radius 1 is 1.16 bits per heavy atom. The number of hydrogen-bond acceptors (Lipinski definition) is 4. The number of carbonyl (C=O) groups is 1. The molecule has 0 fully saturated rings. The summed E-state index contributed by atoms with van der Waals surface area (Å²) < 4.78 is 0. The maximum Gasteiger partial charge on any atom is 0.303 e. The molecule has 19 heavy (non-hydrogen) atoms. The molecule has 0 unspecified atom stereocenters. The standard InChI is InChI=1S/C14H16N2O2S/c17-13(18)8-2-1-5-9-19-14-11-6-3-4-7-12(11)15-10-16-14/h3-4,6-7,10H,1-2,5,8-9H2,(H,17,18). The summed E-state index contributed by atoms with van der Waals surface area (Å²) in [5, 5.41) is 10.6. The van der Waals surface area contributed by atoms with E-state index in [9.17, 15) is 4.79 Å². The highest BCUT2D eigenvalue weighted by atomic mass is 32.2. The summed E-state index contributed by atoms with van der Waals surface area (Å²) in [4.78, 5) is 18.9. The van der Waals surface area contributed by atoms with Crippen LogP contribution in [0.4, 0.5) is 0 Å². The van der Waals surface area contributed by atoms with Gasteiger partial charge in [-0.25, -0.2) is 9.97 Å². The second-order valence-corrected chi connectivity index (χ2v) is 5.33. The van der Waals surface area contributed by atoms with Gasteiger partial charge in [0.05, 0.1) is 5.52 Å². The molecule has 0 saturated carbocycles. The number of aromatic nitrogens is 2. The normalized spacial score (nSPS) is 10.7. The van der Waals surface area contributed by atoms with E-state index in [2.05, 4.69) is 9.97 Å². The van der Waals surface area contributed by atoms with Gasteiger partial charge in [-0.2, -0.15) is 0 Å². The van der Waals surface area contributed by atoms with Crippen LogP contribution in [-0.4, -0.2) is 26.8 Å². The molecule has 0 aliphatic heterocycles. The second-order valence-electron chi connectivity index (χ2n) is 4.25. The molecule has 1 aromatic heterocycles. The largest absolute Gasteiger partial charge is 0.481 e. The first-order chi connectivity index (χ1) is 9.27. The van der Waals surface area contributed by atoms with Gasteiger partial charge in [0.15, 0.2) is 0 Å². The number of rotatable bonds is 7. The third kappa shape index (κ3) is 4.21. The summed E-state index contributed by atoms with van der Waals surface area (Å²) in [6.07, 6.45) is 4.56. The number of fused-ring (bicyclic) bond motifs is 1. The molecule has 4 nitrogen and oxygen atoms in total. The predicted molar refractivity (Wildman–Crippen MR) is 76.4 cm³/mol. The highest BCUT2D eigenvalue weighted by Gasteiger charge is 2.03. The van der Waals surface area contributed by atoms with Gasteiger partial charge >= 0.3 is 5.97 Å². The number of thioether (sulfide) groups is 1. The van der Waals surface area contributed by atoms with E-state index in [1.165, 1.54) is 0 Å². The molecule has 1 aromatic carbocycles. The molecule has 1 N–H and O–H groups in total. The predicted octanol–water partition coefficient (Wildman–Crippen LogP) is 3.37. The zero-order chi connectivity index (χ0) is 13.5. The summed E-state index contributed by atoms with van der Waals surface area (Å²) in [7, 11) is 0. The van der Waals surface area contributed by atoms with Crippen LogP contribution in [0.3, 0.4) is 0 Å². The van der Waals surface area contributed by atoms with Crippen LogP contribution in [0.25, 0.3) is 10.9 Å². The molecule has 0 spiro atoms. The molecule has 5 heteroatoms. The van der Waals surface area contributed by atoms with Crippen molar-refractivity contribution >= 4 is 28.6 Å². The average Bonchev–Trinajstić information content (AvgIpc) is 2.42. The average molecular weight is 276 g/mol. The number of benzene rings is 1. The maximum absolute atomic E-state index is 10.4. The molecule has 0 amide bonds. The van der Waals surface area contributed by atoms with Crippen molar-refractivity contribution in [2.45, 2.75) is 30.7 Å². The van der Waals surface area contributed by atoms with Crippen molar-refractivity contribution in [3.8, 4) is 0 Å². The Hall–Kier alpha value is -1.62. The summed E-state index contributed by atoms with van der Waals surface area (Å²) in [5.74, 6) is 0.245. The molecule has 100 valence electrons. The lowest BCUT2D eigenvalue weighted by Crippen LogP contribution is -1.94. The molecular weight excluding hydrogens is 260 g/mol. The van der Waals surface area contributed by atoms with Gasteiger partial charge in [0.1, 0.15) is 11.4 Å². The first kappa shape index (κ1) is 13.8. The molecule has 2 rings (SSSR count). The molecule has 0 aliphatic carbocycles. The third-order valence-electron chi connectivity index (χ3n) is 2.78. The highest BCUT2D eigenvalue weighted by molar-refractivity contribution is 7.99. The third-order valence-corrected chi connectivity index (χ3v) is 3.87. The van der Waals surface area contributed by atoms with Crippen molar-refractivity contribution in [3.63, 3.8) is 0 Å². The number of carboxylic acids is 1. The van der Waals surface area contributed by atoms with Crippen LogP contribution < -0.4 is 0 Å². The van der Waals surface area contributed by atoms with Crippen LogP contribution in [0.2, 0.25) is 0 Å². The first-order valence-electron chi connectivity index (χ1n) is 6.32. The van der Waals surface area contributed by atoms with Gasteiger partial charge in [-0.1, -0.05) is 24.6 Å². The van der Waals surface area contributed by atoms with Crippen molar-refractivity contribution in [1.29, 1.82) is 0 Å². The lowest BCUT2D eigenvalue weighted by atomic mass is 10.2. The van der Waals surface area contributed by atoms with Gasteiger partial charge in [0.25, 0.3) is 0 Å². The van der Waals surface area contributed by atoms with Gasteiger partial charge in [-0.3, -0.25) is 4.79 Å². The number of aliphatic carboxylic acids is 1. The van der Waals surface area contributed by atoms with E-state index in [0.717, 1.165) is 40.9 Å². The molecule has 0 bridgehead atoms. The quantitative estimate of drug-likeness (QED) is 0.477. The Kier molecular flexibility index (Phi) is 5.15. The SMILES string of the molecule is O=C(O)CCCCCSc1ncnc2ccccc12. The molecule has 0 aliphatic rings. The molecule has 0 atom stereocenters. The van der Waals surface area contributed by atoms with Crippen molar-refractivity contribution < 1.29 is 9.90 Å². The minimum Gasteiger partial charge on any atom is -0.481 e. The van der Waals surface area contributed by atoms with Crippen LogP contribution >= 0.6 is 11.8 Å². The van der Waals surface area contributed by atoms with Crippen LogP contribution in [0.5, 0.6) is 0 Å². The lowest BCUT2D eigenvalue weighted by molar-refractivity contribution is -0.137. The zero-order valence-corrected chi connectivity index (χ0v) is 11.4. The topological polar surface area (TPSA) is 63.1 Å². The van der Waals surface area contributed by atoms with Gasteiger partial charge in [0, 0.05) is 11.8 Å². The Morgan fingerprint density at radius 2 is 2.00 bits per heavy atom. The number of para-hydroxylation sites is 1. The van der Waals surface area contributed by atoms with E-state index in [0.29, 0.717) is 0 Å². The Bertz CT molecular complexity index is 555. The lowest BCUT2D eigenvalue weighted by Gasteiger charge is -2.04. The highest BCUT2D eigenvalue weighted by Crippen LogP contribution is 2.25. The van der Waals surface area contributed by atoms with E-state index in [1.54, 1.807) is 18.1 Å². The van der Waals surface area contributed by atoms with Gasteiger partial charge in [-0.05, 0) is 24.7 Å². The summed E-state index contributed by atoms with van der Waals surface area (Å²) in [6, 6.07) is 7.97. The fourth-order valence-electron chi connectivity index (χ4n) is 1.82. The number of hydrogen-bond donors (Lipinski definition) is 1. The van der Waals surface area contributed by atoms with E-state index in [-0.39, 0.29) is 6.42 Å². The summed E-state index contributed by atoms with van der Waals surface area (Å²) in [6.45, 7) is 0. The van der Waals surface area contributed by atoms with Crippen LogP contribution in [0.1, 0.15) is 25.7 Å². The Labute approximate surface area is 116 Å². The maximum atomic E-state index is 10.4. The molecule has 2 aromatic rings. The summed E-state index contributed by atoms with van der Waals surface area (Å²) >= 11 is 1.71. The number of nitrogens with zero attached hydrogens (tertiary/aromatic N) is 2. The molecule has 0 saturated heterocycles. The number of unbranched alkanes of at least 4 members (excludes halogenated alkanes) is 2. The van der Waals surface area contributed by atoms with Gasteiger partial charge < -0.3 is 5.11 Å². The Morgan fingerprint density at radius 3 is 2.84 bits per heavy atom. The van der Waals surface area contributed by atoms with E-state index in [1.807, 2.05) is 24.3 Å². The minimum atomic E-state index is -0.713. The van der Waals surface area contributed by atoms with Crippen molar-refractivity contribution in [2.75, 3.05) is 5.75 Å². The van der Waals surface area contributed by atoms with E-state index >= 15 is 0 Å². The fourth-order valence-corrected chi connectivity index (χ4v) is 2.81. The summed E-state index contributed by atoms with van der Waals surface area (Å²) in [5.41, 5.74) is 0.964. The number of carboxylic acid groups (broad SMARTS) is 1. The van der Waals surface area contributed by atoms with Crippen molar-refractivity contribution in [3.05, 3.63) is 30.6 Å². The van der Waals surface area contributed by atoms with Crippen LogP contribution in [0, 0.1) is 0 Å².